The fourth-order valence-corrected chi connectivity index (χ4v) is 2.74. The second-order valence-corrected chi connectivity index (χ2v) is 5.95. The number of hydrogen-bond donors (Lipinski definition) is 0. The van der Waals surface area contributed by atoms with Gasteiger partial charge in [0.2, 0.25) is 0 Å². The lowest BCUT2D eigenvalue weighted by Crippen LogP contribution is -2.59. The zero-order valence-electron chi connectivity index (χ0n) is 11.2. The maximum Gasteiger partial charge on any atom is 0.0760 e. The van der Waals surface area contributed by atoms with Crippen LogP contribution in [0.3, 0.4) is 0 Å². The molecule has 1 rings (SSSR count). The van der Waals surface area contributed by atoms with Gasteiger partial charge in [-0.3, -0.25) is 4.90 Å². The minimum absolute atomic E-state index is 0.120. The Bertz CT molecular complexity index is 262. The molecule has 0 radical (unpaired) electrons. The van der Waals surface area contributed by atoms with E-state index in [9.17, 15) is 0 Å². The Morgan fingerprint density at radius 3 is 2.12 bits per heavy atom. The molecular weight excluding hydrogens is 200 g/mol. The van der Waals surface area contributed by atoms with E-state index in [2.05, 4.69) is 45.6 Å². The van der Waals surface area contributed by atoms with Gasteiger partial charge in [0.25, 0.3) is 0 Å². The lowest BCUT2D eigenvalue weighted by atomic mass is 9.96. The fourth-order valence-electron chi connectivity index (χ4n) is 2.74. The molecule has 1 unspecified atom stereocenters. The minimum atomic E-state index is -0.120. The summed E-state index contributed by atoms with van der Waals surface area (Å²) in [5.41, 5.74) is -0.241. The van der Waals surface area contributed by atoms with Gasteiger partial charge in [-0.2, -0.15) is 5.26 Å². The molecule has 0 N–H and O–H groups in total. The van der Waals surface area contributed by atoms with E-state index in [1.165, 1.54) is 0 Å². The minimum Gasteiger partial charge on any atom is -0.367 e. The van der Waals surface area contributed by atoms with Crippen LogP contribution < -0.4 is 0 Å². The summed E-state index contributed by atoms with van der Waals surface area (Å²) in [6.07, 6.45) is 1.64. The molecule has 0 bridgehead atoms. The van der Waals surface area contributed by atoms with Crippen molar-refractivity contribution in [3.05, 3.63) is 0 Å². The standard InChI is InChI=1S/C13H24N2O/c1-6-11(7-8-14)15-9-12(2,3)16-13(4,5)10-15/h11H,6-7,9-10H2,1-5H3. The highest BCUT2D eigenvalue weighted by Gasteiger charge is 2.39. The van der Waals surface area contributed by atoms with Crippen molar-refractivity contribution in [2.75, 3.05) is 13.1 Å². The smallest absolute Gasteiger partial charge is 0.0760 e. The Hall–Kier alpha value is -0.590. The van der Waals surface area contributed by atoms with E-state index in [1.807, 2.05) is 0 Å². The summed E-state index contributed by atoms with van der Waals surface area (Å²) in [4.78, 5) is 2.41. The lowest BCUT2D eigenvalue weighted by molar-refractivity contribution is -0.187. The Kier molecular flexibility index (Phi) is 3.98. The second-order valence-electron chi connectivity index (χ2n) is 5.95. The predicted molar refractivity (Wildman–Crippen MR) is 65.1 cm³/mol. The van der Waals surface area contributed by atoms with Crippen molar-refractivity contribution in [1.29, 1.82) is 5.26 Å². The molecule has 1 atom stereocenters. The molecule has 92 valence electrons. The number of ether oxygens (including phenoxy) is 1. The van der Waals surface area contributed by atoms with Crippen LogP contribution in [0.2, 0.25) is 0 Å². The van der Waals surface area contributed by atoms with Crippen molar-refractivity contribution in [3.8, 4) is 6.07 Å². The van der Waals surface area contributed by atoms with Crippen molar-refractivity contribution < 1.29 is 4.74 Å². The lowest BCUT2D eigenvalue weighted by Gasteiger charge is -2.49. The average molecular weight is 224 g/mol. The van der Waals surface area contributed by atoms with Crippen LogP contribution in [-0.2, 0) is 4.74 Å². The highest BCUT2D eigenvalue weighted by molar-refractivity contribution is 4.93. The van der Waals surface area contributed by atoms with Crippen molar-refractivity contribution in [2.24, 2.45) is 0 Å². The molecule has 1 saturated heterocycles. The molecule has 1 heterocycles. The van der Waals surface area contributed by atoms with Gasteiger partial charge in [0.05, 0.1) is 23.7 Å². The van der Waals surface area contributed by atoms with Crippen LogP contribution in [0, 0.1) is 11.3 Å². The number of nitrogens with zero attached hydrogens (tertiary/aromatic N) is 2. The Balaban J connectivity index is 2.77. The molecule has 0 aliphatic carbocycles. The first-order chi connectivity index (χ1) is 7.29. The first-order valence-corrected chi connectivity index (χ1v) is 6.11. The summed E-state index contributed by atoms with van der Waals surface area (Å²) >= 11 is 0. The molecule has 3 nitrogen and oxygen atoms in total. The van der Waals surface area contributed by atoms with Gasteiger partial charge < -0.3 is 4.74 Å². The summed E-state index contributed by atoms with van der Waals surface area (Å²) in [7, 11) is 0. The van der Waals surface area contributed by atoms with Crippen molar-refractivity contribution in [2.45, 2.75) is 64.7 Å². The van der Waals surface area contributed by atoms with Crippen LogP contribution in [0.15, 0.2) is 0 Å². The van der Waals surface area contributed by atoms with Gasteiger partial charge in [0.1, 0.15) is 0 Å². The summed E-state index contributed by atoms with van der Waals surface area (Å²) < 4.78 is 6.04. The van der Waals surface area contributed by atoms with Gasteiger partial charge in [-0.15, -0.1) is 0 Å². The molecule has 1 aliphatic heterocycles. The average Bonchev–Trinajstić information content (AvgIpc) is 2.08. The molecule has 0 aromatic carbocycles. The van der Waals surface area contributed by atoms with Gasteiger partial charge >= 0.3 is 0 Å². The maximum atomic E-state index is 8.85. The first-order valence-electron chi connectivity index (χ1n) is 6.11. The van der Waals surface area contributed by atoms with Gasteiger partial charge in [-0.05, 0) is 34.1 Å². The SMILES string of the molecule is CCC(CC#N)N1CC(C)(C)OC(C)(C)C1. The van der Waals surface area contributed by atoms with Crippen LogP contribution in [0.4, 0.5) is 0 Å². The van der Waals surface area contributed by atoms with Crippen LogP contribution in [0.1, 0.15) is 47.5 Å². The molecule has 0 amide bonds. The number of morpholine rings is 1. The molecule has 1 aliphatic rings. The van der Waals surface area contributed by atoms with E-state index >= 15 is 0 Å². The van der Waals surface area contributed by atoms with Crippen LogP contribution in [0.5, 0.6) is 0 Å². The molecule has 0 saturated carbocycles. The van der Waals surface area contributed by atoms with Gasteiger partial charge in [0.15, 0.2) is 0 Å². The highest BCUT2D eigenvalue weighted by atomic mass is 16.5. The first kappa shape index (κ1) is 13.5. The third kappa shape index (κ3) is 3.47. The fraction of sp³-hybridized carbons (Fsp3) is 0.923. The maximum absolute atomic E-state index is 8.85. The summed E-state index contributed by atoms with van der Waals surface area (Å²) in [6.45, 7) is 12.5. The monoisotopic (exact) mass is 224 g/mol. The number of nitriles is 1. The van der Waals surface area contributed by atoms with Gasteiger partial charge in [0, 0.05) is 19.1 Å². The molecular formula is C13H24N2O. The van der Waals surface area contributed by atoms with E-state index in [1.54, 1.807) is 0 Å². The van der Waals surface area contributed by atoms with Crippen LogP contribution >= 0.6 is 0 Å². The van der Waals surface area contributed by atoms with E-state index < -0.39 is 0 Å². The Morgan fingerprint density at radius 1 is 1.25 bits per heavy atom. The van der Waals surface area contributed by atoms with E-state index in [0.29, 0.717) is 12.5 Å². The topological polar surface area (TPSA) is 36.3 Å². The van der Waals surface area contributed by atoms with Gasteiger partial charge in [-0.1, -0.05) is 6.92 Å². The molecule has 0 spiro atoms. The third-order valence-corrected chi connectivity index (χ3v) is 3.03. The van der Waals surface area contributed by atoms with Crippen molar-refractivity contribution in [1.82, 2.24) is 4.90 Å². The number of hydrogen-bond acceptors (Lipinski definition) is 3. The zero-order chi connectivity index (χ0) is 12.4. The molecule has 0 aromatic heterocycles. The molecule has 1 fully saturated rings. The van der Waals surface area contributed by atoms with E-state index in [4.69, 9.17) is 10.00 Å². The predicted octanol–water partition coefficient (Wildman–Crippen LogP) is 2.57. The van der Waals surface area contributed by atoms with Crippen molar-refractivity contribution >= 4 is 0 Å². The normalized spacial score (nSPS) is 26.0. The van der Waals surface area contributed by atoms with E-state index in [-0.39, 0.29) is 11.2 Å². The van der Waals surface area contributed by atoms with Crippen LogP contribution in [0.25, 0.3) is 0 Å². The third-order valence-electron chi connectivity index (χ3n) is 3.03. The molecule has 0 aromatic rings. The quantitative estimate of drug-likeness (QED) is 0.739. The Morgan fingerprint density at radius 2 is 1.75 bits per heavy atom. The summed E-state index contributed by atoms with van der Waals surface area (Å²) in [5.74, 6) is 0. The number of rotatable bonds is 3. The summed E-state index contributed by atoms with van der Waals surface area (Å²) in [6, 6.07) is 2.66. The molecule has 16 heavy (non-hydrogen) atoms. The van der Waals surface area contributed by atoms with Crippen LogP contribution in [-0.4, -0.2) is 35.2 Å². The Labute approximate surface area is 99.4 Å². The van der Waals surface area contributed by atoms with Crippen molar-refractivity contribution in [3.63, 3.8) is 0 Å². The zero-order valence-corrected chi connectivity index (χ0v) is 11.2. The van der Waals surface area contributed by atoms with E-state index in [0.717, 1.165) is 19.5 Å². The largest absolute Gasteiger partial charge is 0.367 e. The summed E-state index contributed by atoms with van der Waals surface area (Å²) in [5, 5.41) is 8.85. The second kappa shape index (κ2) is 4.73. The highest BCUT2D eigenvalue weighted by Crippen LogP contribution is 2.30. The molecule has 3 heteroatoms. The van der Waals surface area contributed by atoms with Gasteiger partial charge in [-0.25, -0.2) is 0 Å².